The van der Waals surface area contributed by atoms with E-state index >= 15 is 0 Å². The second-order valence-corrected chi connectivity index (χ2v) is 8.28. The van der Waals surface area contributed by atoms with Crippen molar-refractivity contribution >= 4 is 5.97 Å². The van der Waals surface area contributed by atoms with E-state index in [9.17, 15) is 4.79 Å². The lowest BCUT2D eigenvalue weighted by atomic mass is 9.84. The Kier molecular flexibility index (Phi) is 5.77. The minimum atomic E-state index is -0.607. The fourth-order valence-electron chi connectivity index (χ4n) is 4.71. The van der Waals surface area contributed by atoms with Gasteiger partial charge in [-0.15, -0.1) is 0 Å². The molecule has 0 aliphatic carbocycles. The number of hydrogen-bond acceptors (Lipinski definition) is 5. The van der Waals surface area contributed by atoms with E-state index in [4.69, 9.17) is 14.2 Å². The first-order chi connectivity index (χ1) is 16.1. The highest BCUT2D eigenvalue weighted by Gasteiger charge is 2.33. The molecule has 1 unspecified atom stereocenters. The second kappa shape index (κ2) is 9.01. The standard InChI is InChI=1S/C28H25NO4/c1-31-23-9-10-24-20(14-23)12-13-29-18-22-17-26(32-2)27(16-21(22)15-25(24)29)33-28(30)11-8-19-6-4-3-5-7-19/h3-7,9-10,14,16-17,25H,12-13,15,18H2,1-2H3. The minimum absolute atomic E-state index is 0.293. The van der Waals surface area contributed by atoms with Gasteiger partial charge in [0.05, 0.1) is 14.2 Å². The van der Waals surface area contributed by atoms with Crippen molar-refractivity contribution in [1.29, 1.82) is 0 Å². The van der Waals surface area contributed by atoms with Crippen molar-refractivity contribution in [2.75, 3.05) is 20.8 Å². The normalized spacial score (nSPS) is 16.4. The number of carbonyl (C=O) groups is 1. The van der Waals surface area contributed by atoms with Crippen molar-refractivity contribution < 1.29 is 19.0 Å². The first-order valence-electron chi connectivity index (χ1n) is 11.0. The quantitative estimate of drug-likeness (QED) is 0.346. The molecule has 33 heavy (non-hydrogen) atoms. The lowest BCUT2D eigenvalue weighted by Crippen LogP contribution is -2.39. The largest absolute Gasteiger partial charge is 0.497 e. The molecule has 0 spiro atoms. The number of methoxy groups -OCH3 is 2. The van der Waals surface area contributed by atoms with Gasteiger partial charge in [0.2, 0.25) is 0 Å². The van der Waals surface area contributed by atoms with Crippen LogP contribution < -0.4 is 14.2 Å². The Morgan fingerprint density at radius 1 is 0.939 bits per heavy atom. The molecule has 0 N–H and O–H groups in total. The van der Waals surface area contributed by atoms with Crippen LogP contribution in [-0.2, 0) is 24.2 Å². The molecule has 0 radical (unpaired) electrons. The lowest BCUT2D eigenvalue weighted by Gasteiger charge is -2.41. The second-order valence-electron chi connectivity index (χ2n) is 8.28. The maximum Gasteiger partial charge on any atom is 0.390 e. The van der Waals surface area contributed by atoms with E-state index in [1.54, 1.807) is 14.2 Å². The van der Waals surface area contributed by atoms with Crippen LogP contribution in [0.15, 0.2) is 60.7 Å². The predicted octanol–water partition coefficient (Wildman–Crippen LogP) is 4.32. The van der Waals surface area contributed by atoms with Gasteiger partial charge in [-0.05, 0) is 71.5 Å². The average molecular weight is 440 g/mol. The molecule has 2 heterocycles. The highest BCUT2D eigenvalue weighted by Crippen LogP contribution is 2.42. The molecular weight excluding hydrogens is 414 g/mol. The van der Waals surface area contributed by atoms with Gasteiger partial charge in [-0.3, -0.25) is 4.90 Å². The van der Waals surface area contributed by atoms with Gasteiger partial charge in [-0.2, -0.15) is 0 Å². The molecule has 5 rings (SSSR count). The van der Waals surface area contributed by atoms with Crippen LogP contribution in [0.4, 0.5) is 0 Å². The van der Waals surface area contributed by atoms with Crippen LogP contribution in [0, 0.1) is 11.8 Å². The van der Waals surface area contributed by atoms with Crippen LogP contribution in [0.2, 0.25) is 0 Å². The van der Waals surface area contributed by atoms with Crippen molar-refractivity contribution in [3.8, 4) is 29.1 Å². The summed E-state index contributed by atoms with van der Waals surface area (Å²) >= 11 is 0. The zero-order valence-corrected chi connectivity index (χ0v) is 18.8. The SMILES string of the molecule is COc1ccc2c(c1)CCN1Cc3cc(OC)c(OC(=O)C#Cc4ccccc4)cc3CC21. The molecule has 5 heteroatoms. The number of carbonyl (C=O) groups excluding carboxylic acids is 1. The van der Waals surface area contributed by atoms with Crippen LogP contribution in [0.3, 0.4) is 0 Å². The zero-order chi connectivity index (χ0) is 22.8. The fraction of sp³-hybridized carbons (Fsp3) is 0.250. The molecule has 2 aliphatic rings. The highest BCUT2D eigenvalue weighted by molar-refractivity contribution is 5.91. The molecule has 166 valence electrons. The van der Waals surface area contributed by atoms with E-state index in [0.29, 0.717) is 17.5 Å². The lowest BCUT2D eigenvalue weighted by molar-refractivity contribution is -0.128. The Labute approximate surface area is 193 Å². The van der Waals surface area contributed by atoms with Gasteiger partial charge in [-0.25, -0.2) is 4.79 Å². The molecule has 3 aromatic rings. The molecule has 5 nitrogen and oxygen atoms in total. The first-order valence-corrected chi connectivity index (χ1v) is 11.0. The average Bonchev–Trinajstić information content (AvgIpc) is 2.86. The number of fused-ring (bicyclic) bond motifs is 4. The van der Waals surface area contributed by atoms with Crippen molar-refractivity contribution in [2.24, 2.45) is 0 Å². The Bertz CT molecular complexity index is 1260. The Balaban J connectivity index is 1.41. The Morgan fingerprint density at radius 2 is 1.76 bits per heavy atom. The summed E-state index contributed by atoms with van der Waals surface area (Å²) in [5.74, 6) is 6.64. The van der Waals surface area contributed by atoms with E-state index in [1.807, 2.05) is 48.5 Å². The number of nitrogens with zero attached hydrogens (tertiary/aromatic N) is 1. The predicted molar refractivity (Wildman–Crippen MR) is 126 cm³/mol. The molecule has 2 aliphatic heterocycles. The van der Waals surface area contributed by atoms with Gasteiger partial charge in [-0.1, -0.05) is 30.2 Å². The number of hydrogen-bond donors (Lipinski definition) is 0. The minimum Gasteiger partial charge on any atom is -0.497 e. The summed E-state index contributed by atoms with van der Waals surface area (Å²) in [6.45, 7) is 1.84. The maximum absolute atomic E-state index is 12.4. The van der Waals surface area contributed by atoms with Gasteiger partial charge in [0.25, 0.3) is 0 Å². The van der Waals surface area contributed by atoms with Gasteiger partial charge < -0.3 is 14.2 Å². The van der Waals surface area contributed by atoms with Gasteiger partial charge in [0.15, 0.2) is 11.5 Å². The monoisotopic (exact) mass is 439 g/mol. The molecule has 0 aromatic heterocycles. The van der Waals surface area contributed by atoms with Crippen molar-refractivity contribution in [3.63, 3.8) is 0 Å². The summed E-state index contributed by atoms with van der Waals surface area (Å²) in [6, 6.07) is 19.9. The van der Waals surface area contributed by atoms with Crippen LogP contribution in [-0.4, -0.2) is 31.6 Å². The van der Waals surface area contributed by atoms with Gasteiger partial charge in [0, 0.05) is 30.6 Å². The Hall–Kier alpha value is -3.75. The molecular formula is C28H25NO4. The number of esters is 1. The molecule has 0 saturated heterocycles. The molecule has 0 amide bonds. The summed E-state index contributed by atoms with van der Waals surface area (Å²) in [4.78, 5) is 14.9. The summed E-state index contributed by atoms with van der Waals surface area (Å²) in [6.07, 6.45) is 1.85. The Morgan fingerprint density at radius 3 is 2.55 bits per heavy atom. The van der Waals surface area contributed by atoms with Crippen molar-refractivity contribution in [3.05, 3.63) is 88.5 Å². The summed E-state index contributed by atoms with van der Waals surface area (Å²) < 4.78 is 16.5. The van der Waals surface area contributed by atoms with Crippen LogP contribution in [0.1, 0.15) is 33.9 Å². The van der Waals surface area contributed by atoms with E-state index in [2.05, 4.69) is 28.9 Å². The van der Waals surface area contributed by atoms with Crippen molar-refractivity contribution in [2.45, 2.75) is 25.4 Å². The third kappa shape index (κ3) is 4.30. The summed E-state index contributed by atoms with van der Waals surface area (Å²) in [5, 5.41) is 0. The third-order valence-corrected chi connectivity index (χ3v) is 6.38. The van der Waals surface area contributed by atoms with Crippen molar-refractivity contribution in [1.82, 2.24) is 4.90 Å². The third-order valence-electron chi connectivity index (χ3n) is 6.38. The molecule has 3 aromatic carbocycles. The fourth-order valence-corrected chi connectivity index (χ4v) is 4.71. The molecule has 1 atom stereocenters. The molecule has 0 saturated carbocycles. The van der Waals surface area contributed by atoms with Gasteiger partial charge >= 0.3 is 5.97 Å². The summed E-state index contributed by atoms with van der Waals surface area (Å²) in [7, 11) is 3.29. The van der Waals surface area contributed by atoms with Crippen LogP contribution in [0.5, 0.6) is 17.2 Å². The number of rotatable bonds is 3. The molecule has 0 fully saturated rings. The van der Waals surface area contributed by atoms with E-state index in [-0.39, 0.29) is 0 Å². The summed E-state index contributed by atoms with van der Waals surface area (Å²) in [5.41, 5.74) is 5.82. The number of ether oxygens (including phenoxy) is 3. The van der Waals surface area contributed by atoms with E-state index < -0.39 is 5.97 Å². The molecule has 0 bridgehead atoms. The smallest absolute Gasteiger partial charge is 0.390 e. The van der Waals surface area contributed by atoms with Crippen LogP contribution >= 0.6 is 0 Å². The number of benzene rings is 3. The van der Waals surface area contributed by atoms with E-state index in [1.165, 1.54) is 22.3 Å². The zero-order valence-electron chi connectivity index (χ0n) is 18.8. The van der Waals surface area contributed by atoms with E-state index in [0.717, 1.165) is 37.2 Å². The van der Waals surface area contributed by atoms with Gasteiger partial charge in [0.1, 0.15) is 5.75 Å². The first kappa shape index (κ1) is 21.1. The topological polar surface area (TPSA) is 48.0 Å². The van der Waals surface area contributed by atoms with Crippen LogP contribution in [0.25, 0.3) is 0 Å². The maximum atomic E-state index is 12.4. The highest BCUT2D eigenvalue weighted by atomic mass is 16.6.